The fraction of sp³-hybridized carbons (Fsp3) is 0.857. The largest absolute Gasteiger partial charge is 0.352 e. The number of carbonyl (C=O) groups is 2. The van der Waals surface area contributed by atoms with Gasteiger partial charge in [0.05, 0.1) is 12.6 Å². The molecule has 114 valence electrons. The Morgan fingerprint density at radius 2 is 1.80 bits per heavy atom. The van der Waals surface area contributed by atoms with E-state index in [-0.39, 0.29) is 17.9 Å². The summed E-state index contributed by atoms with van der Waals surface area (Å²) in [5.74, 6) is 0.281. The molecule has 1 atom stereocenters. The van der Waals surface area contributed by atoms with Crippen LogP contribution in [0, 0.1) is 0 Å². The van der Waals surface area contributed by atoms with Crippen LogP contribution >= 0.6 is 0 Å². The fourth-order valence-electron chi connectivity index (χ4n) is 2.54. The molecule has 0 radical (unpaired) electrons. The average molecular weight is 282 g/mol. The van der Waals surface area contributed by atoms with Gasteiger partial charge in [-0.25, -0.2) is 0 Å². The maximum absolute atomic E-state index is 11.9. The molecule has 6 heteroatoms. The number of amides is 2. The Morgan fingerprint density at radius 3 is 2.30 bits per heavy atom. The van der Waals surface area contributed by atoms with Gasteiger partial charge in [-0.1, -0.05) is 0 Å². The molecule has 1 N–H and O–H groups in total. The van der Waals surface area contributed by atoms with E-state index in [1.54, 1.807) is 19.0 Å². The van der Waals surface area contributed by atoms with Gasteiger partial charge >= 0.3 is 0 Å². The van der Waals surface area contributed by atoms with Crippen LogP contribution in [0.3, 0.4) is 0 Å². The first kappa shape index (κ1) is 15.3. The number of piperazine rings is 1. The first-order chi connectivity index (χ1) is 9.47. The summed E-state index contributed by atoms with van der Waals surface area (Å²) in [6.07, 6.45) is 2.26. The normalized spacial score (nSPS) is 22.4. The van der Waals surface area contributed by atoms with E-state index >= 15 is 0 Å². The van der Waals surface area contributed by atoms with E-state index in [1.807, 2.05) is 6.92 Å². The van der Waals surface area contributed by atoms with Crippen molar-refractivity contribution in [2.75, 3.05) is 46.8 Å². The monoisotopic (exact) mass is 282 g/mol. The van der Waals surface area contributed by atoms with Crippen LogP contribution in [-0.2, 0) is 9.59 Å². The van der Waals surface area contributed by atoms with Crippen molar-refractivity contribution in [1.29, 1.82) is 0 Å². The van der Waals surface area contributed by atoms with Gasteiger partial charge in [-0.15, -0.1) is 0 Å². The predicted molar refractivity (Wildman–Crippen MR) is 77.3 cm³/mol. The van der Waals surface area contributed by atoms with Crippen molar-refractivity contribution in [1.82, 2.24) is 20.0 Å². The molecule has 1 unspecified atom stereocenters. The molecule has 2 amide bonds. The number of rotatable bonds is 5. The van der Waals surface area contributed by atoms with Crippen LogP contribution in [0.5, 0.6) is 0 Å². The van der Waals surface area contributed by atoms with Crippen molar-refractivity contribution in [2.45, 2.75) is 31.8 Å². The maximum atomic E-state index is 11.9. The highest BCUT2D eigenvalue weighted by Gasteiger charge is 2.28. The van der Waals surface area contributed by atoms with Crippen molar-refractivity contribution in [3.05, 3.63) is 0 Å². The molecule has 1 saturated carbocycles. The lowest BCUT2D eigenvalue weighted by molar-refractivity contribution is -0.135. The maximum Gasteiger partial charge on any atom is 0.239 e. The van der Waals surface area contributed by atoms with Crippen LogP contribution in [0.25, 0.3) is 0 Å². The van der Waals surface area contributed by atoms with Gasteiger partial charge in [-0.2, -0.15) is 0 Å². The zero-order valence-corrected chi connectivity index (χ0v) is 12.8. The quantitative estimate of drug-likeness (QED) is 0.729. The Bertz CT molecular complexity index is 360. The van der Waals surface area contributed by atoms with E-state index in [0.29, 0.717) is 12.6 Å². The van der Waals surface area contributed by atoms with Gasteiger partial charge in [-0.3, -0.25) is 19.4 Å². The van der Waals surface area contributed by atoms with Crippen molar-refractivity contribution in [3.8, 4) is 0 Å². The number of hydrogen-bond acceptors (Lipinski definition) is 4. The third-order valence-corrected chi connectivity index (χ3v) is 4.06. The molecule has 6 nitrogen and oxygen atoms in total. The number of nitrogens with one attached hydrogen (secondary N) is 1. The molecular formula is C14H26N4O2. The van der Waals surface area contributed by atoms with Gasteiger partial charge in [0.25, 0.3) is 0 Å². The second-order valence-corrected chi connectivity index (χ2v) is 6.06. The van der Waals surface area contributed by atoms with Gasteiger partial charge in [-0.05, 0) is 19.8 Å². The summed E-state index contributed by atoms with van der Waals surface area (Å²) in [4.78, 5) is 29.7. The highest BCUT2D eigenvalue weighted by atomic mass is 16.2. The topological polar surface area (TPSA) is 55.9 Å². The van der Waals surface area contributed by atoms with Crippen LogP contribution in [0.15, 0.2) is 0 Å². The molecule has 0 aromatic heterocycles. The number of likely N-dealkylation sites (N-methyl/N-ethyl adjacent to an activating group) is 1. The molecule has 0 aromatic carbocycles. The SMILES string of the molecule is CC(C(=O)N(C)C)N1CCN(CC(=O)NC2CC2)CC1. The van der Waals surface area contributed by atoms with E-state index in [9.17, 15) is 9.59 Å². The van der Waals surface area contributed by atoms with Gasteiger partial charge in [0.2, 0.25) is 11.8 Å². The Morgan fingerprint density at radius 1 is 1.20 bits per heavy atom. The average Bonchev–Trinajstić information content (AvgIpc) is 3.21. The predicted octanol–water partition coefficient (Wildman–Crippen LogP) is -0.641. The molecule has 1 saturated heterocycles. The van der Waals surface area contributed by atoms with Crippen LogP contribution in [0.4, 0.5) is 0 Å². The highest BCUT2D eigenvalue weighted by Crippen LogP contribution is 2.18. The fourth-order valence-corrected chi connectivity index (χ4v) is 2.54. The first-order valence-corrected chi connectivity index (χ1v) is 7.44. The number of nitrogens with zero attached hydrogens (tertiary/aromatic N) is 3. The third kappa shape index (κ3) is 4.18. The van der Waals surface area contributed by atoms with Crippen molar-refractivity contribution < 1.29 is 9.59 Å². The van der Waals surface area contributed by atoms with Crippen molar-refractivity contribution in [2.24, 2.45) is 0 Å². The van der Waals surface area contributed by atoms with E-state index < -0.39 is 0 Å². The van der Waals surface area contributed by atoms with Crippen LogP contribution in [0.2, 0.25) is 0 Å². The molecule has 20 heavy (non-hydrogen) atoms. The molecule has 0 spiro atoms. The Hall–Kier alpha value is -1.14. The lowest BCUT2D eigenvalue weighted by Crippen LogP contribution is -2.55. The summed E-state index contributed by atoms with van der Waals surface area (Å²) in [7, 11) is 3.58. The second kappa shape index (κ2) is 6.54. The summed E-state index contributed by atoms with van der Waals surface area (Å²) in [6, 6.07) is 0.356. The molecule has 0 bridgehead atoms. The minimum Gasteiger partial charge on any atom is -0.352 e. The zero-order valence-electron chi connectivity index (χ0n) is 12.8. The Kier molecular flexibility index (Phi) is 4.99. The van der Waals surface area contributed by atoms with Crippen molar-refractivity contribution in [3.63, 3.8) is 0 Å². The molecule has 2 fully saturated rings. The van der Waals surface area contributed by atoms with Gasteiger partial charge in [0, 0.05) is 46.3 Å². The molecule has 1 aliphatic heterocycles. The van der Waals surface area contributed by atoms with Gasteiger partial charge in [0.1, 0.15) is 0 Å². The minimum atomic E-state index is -0.0764. The third-order valence-electron chi connectivity index (χ3n) is 4.06. The van der Waals surface area contributed by atoms with E-state index in [4.69, 9.17) is 0 Å². The minimum absolute atomic E-state index is 0.0764. The number of carbonyl (C=O) groups excluding carboxylic acids is 2. The van der Waals surface area contributed by atoms with Crippen molar-refractivity contribution >= 4 is 11.8 Å². The molecule has 2 aliphatic rings. The summed E-state index contributed by atoms with van der Waals surface area (Å²) >= 11 is 0. The summed E-state index contributed by atoms with van der Waals surface area (Å²) in [6.45, 7) is 5.83. The summed E-state index contributed by atoms with van der Waals surface area (Å²) in [5.41, 5.74) is 0. The lowest BCUT2D eigenvalue weighted by Gasteiger charge is -2.37. The van der Waals surface area contributed by atoms with Crippen LogP contribution in [0.1, 0.15) is 19.8 Å². The highest BCUT2D eigenvalue weighted by molar-refractivity contribution is 5.81. The van der Waals surface area contributed by atoms with Gasteiger partial charge < -0.3 is 10.2 Å². The lowest BCUT2D eigenvalue weighted by atomic mass is 10.2. The van der Waals surface area contributed by atoms with Crippen LogP contribution in [-0.4, -0.2) is 85.4 Å². The standard InChI is InChI=1S/C14H26N4O2/c1-11(14(20)16(2)3)18-8-6-17(7-9-18)10-13(19)15-12-4-5-12/h11-12H,4-10H2,1-3H3,(H,15,19). The van der Waals surface area contributed by atoms with Gasteiger partial charge in [0.15, 0.2) is 0 Å². The second-order valence-electron chi connectivity index (χ2n) is 6.06. The smallest absolute Gasteiger partial charge is 0.239 e. The van der Waals surface area contributed by atoms with Crippen LogP contribution < -0.4 is 5.32 Å². The molecule has 2 rings (SSSR count). The first-order valence-electron chi connectivity index (χ1n) is 7.44. The molecule has 0 aromatic rings. The zero-order chi connectivity index (χ0) is 14.7. The molecule has 1 heterocycles. The Labute approximate surface area is 121 Å². The number of hydrogen-bond donors (Lipinski definition) is 1. The molecular weight excluding hydrogens is 256 g/mol. The van der Waals surface area contributed by atoms with E-state index in [1.165, 1.54) is 0 Å². The summed E-state index contributed by atoms with van der Waals surface area (Å²) in [5, 5.41) is 3.01. The van der Waals surface area contributed by atoms with E-state index in [2.05, 4.69) is 15.1 Å². The van der Waals surface area contributed by atoms with E-state index in [0.717, 1.165) is 39.0 Å². The Balaban J connectivity index is 1.71. The summed E-state index contributed by atoms with van der Waals surface area (Å²) < 4.78 is 0. The molecule has 1 aliphatic carbocycles.